The van der Waals surface area contributed by atoms with Crippen LogP contribution in [0.15, 0.2) is 24.3 Å². The number of aldehydes is 1. The number of carbonyl (C=O) groups is 2. The number of unbranched alkanes of at least 4 members (excludes halogenated alkanes) is 1. The summed E-state index contributed by atoms with van der Waals surface area (Å²) in [5, 5.41) is 0. The highest BCUT2D eigenvalue weighted by Gasteiger charge is 1.92. The van der Waals surface area contributed by atoms with Gasteiger partial charge in [-0.15, -0.1) is 0 Å². The van der Waals surface area contributed by atoms with E-state index in [1.807, 2.05) is 6.92 Å². The van der Waals surface area contributed by atoms with Crippen molar-refractivity contribution in [2.45, 2.75) is 26.2 Å². The van der Waals surface area contributed by atoms with Gasteiger partial charge in [0.15, 0.2) is 5.78 Å². The molecule has 0 aliphatic carbocycles. The molecule has 0 radical (unpaired) electrons. The molecule has 0 aromatic rings. The molecule has 66 valence electrons. The molecular formula is C10H14O2. The summed E-state index contributed by atoms with van der Waals surface area (Å²) < 4.78 is 0. The van der Waals surface area contributed by atoms with Crippen LogP contribution in [0.1, 0.15) is 26.2 Å². The van der Waals surface area contributed by atoms with Crippen LogP contribution in [0.25, 0.3) is 0 Å². The van der Waals surface area contributed by atoms with Gasteiger partial charge in [0, 0.05) is 6.42 Å². The van der Waals surface area contributed by atoms with E-state index in [9.17, 15) is 9.59 Å². The van der Waals surface area contributed by atoms with Crippen molar-refractivity contribution in [3.63, 3.8) is 0 Å². The van der Waals surface area contributed by atoms with E-state index in [1.165, 1.54) is 12.2 Å². The SMILES string of the molecule is CCCCC(=O)/C=C/C=C/C=O. The fourth-order valence-corrected chi connectivity index (χ4v) is 0.707. The quantitative estimate of drug-likeness (QED) is 0.344. The first kappa shape index (κ1) is 10.8. The van der Waals surface area contributed by atoms with E-state index in [0.717, 1.165) is 12.8 Å². The number of hydrogen-bond acceptors (Lipinski definition) is 2. The van der Waals surface area contributed by atoms with E-state index in [4.69, 9.17) is 0 Å². The zero-order chi connectivity index (χ0) is 9.23. The lowest BCUT2D eigenvalue weighted by atomic mass is 10.2. The molecular weight excluding hydrogens is 152 g/mol. The molecule has 0 spiro atoms. The number of ketones is 1. The Balaban J connectivity index is 3.60. The highest BCUT2D eigenvalue weighted by atomic mass is 16.1. The van der Waals surface area contributed by atoms with Gasteiger partial charge in [-0.25, -0.2) is 0 Å². The van der Waals surface area contributed by atoms with Crippen LogP contribution in [0.4, 0.5) is 0 Å². The Morgan fingerprint density at radius 2 is 2.00 bits per heavy atom. The maximum absolute atomic E-state index is 11.0. The van der Waals surface area contributed by atoms with Crippen molar-refractivity contribution < 1.29 is 9.59 Å². The Morgan fingerprint density at radius 3 is 2.58 bits per heavy atom. The van der Waals surface area contributed by atoms with Crippen LogP contribution < -0.4 is 0 Å². The molecule has 0 aliphatic heterocycles. The average Bonchev–Trinajstić information content (AvgIpc) is 2.09. The highest BCUT2D eigenvalue weighted by molar-refractivity contribution is 5.89. The van der Waals surface area contributed by atoms with Crippen LogP contribution in [0.2, 0.25) is 0 Å². The molecule has 2 nitrogen and oxygen atoms in total. The Morgan fingerprint density at radius 1 is 1.25 bits per heavy atom. The second kappa shape index (κ2) is 7.92. The molecule has 0 aromatic heterocycles. The van der Waals surface area contributed by atoms with Crippen LogP contribution in [-0.4, -0.2) is 12.1 Å². The summed E-state index contributed by atoms with van der Waals surface area (Å²) in [5.74, 6) is 0.118. The average molecular weight is 166 g/mol. The third kappa shape index (κ3) is 6.93. The van der Waals surface area contributed by atoms with Crippen LogP contribution >= 0.6 is 0 Å². The van der Waals surface area contributed by atoms with Crippen molar-refractivity contribution >= 4 is 12.1 Å². The standard InChI is InChI=1S/C10H14O2/c1-2-3-7-10(12)8-5-4-6-9-11/h4-6,8-9H,2-3,7H2,1H3/b6-4+,8-5+. The molecule has 0 saturated carbocycles. The summed E-state index contributed by atoms with van der Waals surface area (Å²) in [6.07, 6.45) is 9.23. The van der Waals surface area contributed by atoms with Gasteiger partial charge in [0.05, 0.1) is 0 Å². The van der Waals surface area contributed by atoms with Gasteiger partial charge in [-0.1, -0.05) is 25.5 Å². The first-order chi connectivity index (χ1) is 5.81. The molecule has 0 fully saturated rings. The summed E-state index contributed by atoms with van der Waals surface area (Å²) in [5.41, 5.74) is 0. The molecule has 0 bridgehead atoms. The minimum atomic E-state index is 0.118. The van der Waals surface area contributed by atoms with Gasteiger partial charge in [-0.3, -0.25) is 9.59 Å². The summed E-state index contributed by atoms with van der Waals surface area (Å²) in [6, 6.07) is 0. The monoisotopic (exact) mass is 166 g/mol. The van der Waals surface area contributed by atoms with E-state index in [1.54, 1.807) is 12.2 Å². The molecule has 0 heterocycles. The Kier molecular flexibility index (Phi) is 7.14. The predicted octanol–water partition coefficient (Wildman–Crippen LogP) is 2.06. The fraction of sp³-hybridized carbons (Fsp3) is 0.400. The molecule has 0 unspecified atom stereocenters. The lowest BCUT2D eigenvalue weighted by Crippen LogP contribution is -1.90. The second-order valence-electron chi connectivity index (χ2n) is 2.45. The molecule has 0 aliphatic rings. The molecule has 0 amide bonds. The molecule has 0 rings (SSSR count). The maximum atomic E-state index is 11.0. The number of carbonyl (C=O) groups excluding carboxylic acids is 2. The predicted molar refractivity (Wildman–Crippen MR) is 48.9 cm³/mol. The van der Waals surface area contributed by atoms with E-state index in [2.05, 4.69) is 0 Å². The van der Waals surface area contributed by atoms with E-state index in [0.29, 0.717) is 12.7 Å². The van der Waals surface area contributed by atoms with Gasteiger partial charge in [-0.05, 0) is 18.6 Å². The van der Waals surface area contributed by atoms with Crippen LogP contribution in [0.5, 0.6) is 0 Å². The normalized spacial score (nSPS) is 11.1. The van der Waals surface area contributed by atoms with Gasteiger partial charge in [-0.2, -0.15) is 0 Å². The van der Waals surface area contributed by atoms with Crippen LogP contribution in [-0.2, 0) is 9.59 Å². The van der Waals surface area contributed by atoms with Crippen molar-refractivity contribution in [2.75, 3.05) is 0 Å². The molecule has 12 heavy (non-hydrogen) atoms. The zero-order valence-corrected chi connectivity index (χ0v) is 7.32. The van der Waals surface area contributed by atoms with Gasteiger partial charge in [0.25, 0.3) is 0 Å². The molecule has 0 N–H and O–H groups in total. The number of allylic oxidation sites excluding steroid dienone is 4. The van der Waals surface area contributed by atoms with E-state index in [-0.39, 0.29) is 5.78 Å². The first-order valence-electron chi connectivity index (χ1n) is 4.12. The van der Waals surface area contributed by atoms with Gasteiger partial charge >= 0.3 is 0 Å². The Bertz CT molecular complexity index is 190. The zero-order valence-electron chi connectivity index (χ0n) is 7.32. The Hall–Kier alpha value is -1.18. The van der Waals surface area contributed by atoms with Crippen LogP contribution in [0, 0.1) is 0 Å². The molecule has 0 saturated heterocycles. The second-order valence-corrected chi connectivity index (χ2v) is 2.45. The van der Waals surface area contributed by atoms with Crippen molar-refractivity contribution in [1.29, 1.82) is 0 Å². The minimum Gasteiger partial charge on any atom is -0.299 e. The minimum absolute atomic E-state index is 0.118. The summed E-state index contributed by atoms with van der Waals surface area (Å²) in [4.78, 5) is 20.8. The van der Waals surface area contributed by atoms with Crippen molar-refractivity contribution in [3.05, 3.63) is 24.3 Å². The van der Waals surface area contributed by atoms with E-state index >= 15 is 0 Å². The van der Waals surface area contributed by atoms with Crippen molar-refractivity contribution in [2.24, 2.45) is 0 Å². The van der Waals surface area contributed by atoms with Crippen molar-refractivity contribution in [3.8, 4) is 0 Å². The Labute approximate surface area is 73.0 Å². The lowest BCUT2D eigenvalue weighted by molar-refractivity contribution is -0.114. The summed E-state index contributed by atoms with van der Waals surface area (Å²) >= 11 is 0. The third-order valence-electron chi connectivity index (χ3n) is 1.36. The third-order valence-corrected chi connectivity index (χ3v) is 1.36. The van der Waals surface area contributed by atoms with Crippen molar-refractivity contribution in [1.82, 2.24) is 0 Å². The highest BCUT2D eigenvalue weighted by Crippen LogP contribution is 1.95. The molecule has 2 heteroatoms. The number of hydrogen-bond donors (Lipinski definition) is 0. The summed E-state index contributed by atoms with van der Waals surface area (Å²) in [7, 11) is 0. The maximum Gasteiger partial charge on any atom is 0.155 e. The largest absolute Gasteiger partial charge is 0.299 e. The summed E-state index contributed by atoms with van der Waals surface area (Å²) in [6.45, 7) is 2.04. The molecule has 0 aromatic carbocycles. The topological polar surface area (TPSA) is 34.1 Å². The van der Waals surface area contributed by atoms with E-state index < -0.39 is 0 Å². The van der Waals surface area contributed by atoms with Gasteiger partial charge < -0.3 is 0 Å². The smallest absolute Gasteiger partial charge is 0.155 e. The van der Waals surface area contributed by atoms with Gasteiger partial charge in [0.1, 0.15) is 6.29 Å². The lowest BCUT2D eigenvalue weighted by Gasteiger charge is -1.89. The molecule has 0 atom stereocenters. The first-order valence-corrected chi connectivity index (χ1v) is 4.12. The van der Waals surface area contributed by atoms with Crippen LogP contribution in [0.3, 0.4) is 0 Å². The fourth-order valence-electron chi connectivity index (χ4n) is 0.707. The van der Waals surface area contributed by atoms with Gasteiger partial charge in [0.2, 0.25) is 0 Å². The number of rotatable bonds is 6.